The lowest BCUT2D eigenvalue weighted by Crippen LogP contribution is -2.18. The van der Waals surface area contributed by atoms with Crippen LogP contribution in [0.15, 0.2) is 56.7 Å². The van der Waals surface area contributed by atoms with Crippen molar-refractivity contribution in [3.63, 3.8) is 0 Å². The van der Waals surface area contributed by atoms with Crippen LogP contribution in [0.2, 0.25) is 0 Å². The Hall–Kier alpha value is -0.880. The smallest absolute Gasteiger partial charge is 0.123 e. The van der Waals surface area contributed by atoms with E-state index >= 15 is 0 Å². The predicted octanol–water partition coefficient (Wildman–Crippen LogP) is 4.48. The van der Waals surface area contributed by atoms with E-state index in [1.165, 1.54) is 17.7 Å². The van der Waals surface area contributed by atoms with E-state index in [4.69, 9.17) is 4.74 Å². The van der Waals surface area contributed by atoms with Gasteiger partial charge in [0.25, 0.3) is 0 Å². The molecule has 0 amide bonds. The van der Waals surface area contributed by atoms with Crippen LogP contribution < -0.4 is 5.32 Å². The molecule has 0 spiro atoms. The third kappa shape index (κ3) is 5.43. The van der Waals surface area contributed by atoms with E-state index in [0.717, 1.165) is 27.4 Å². The maximum absolute atomic E-state index is 12.9. The van der Waals surface area contributed by atoms with E-state index in [1.54, 1.807) is 31.0 Å². The van der Waals surface area contributed by atoms with Gasteiger partial charge in [-0.05, 0) is 42.0 Å². The number of rotatable bonds is 7. The zero-order valence-electron chi connectivity index (χ0n) is 11.7. The first-order chi connectivity index (χ1) is 10.2. The van der Waals surface area contributed by atoms with Crippen molar-refractivity contribution in [1.82, 2.24) is 5.32 Å². The first kappa shape index (κ1) is 16.5. The lowest BCUT2D eigenvalue weighted by atomic mass is 10.2. The predicted molar refractivity (Wildman–Crippen MR) is 88.2 cm³/mol. The highest BCUT2D eigenvalue weighted by Crippen LogP contribution is 2.31. The molecule has 0 heterocycles. The average Bonchev–Trinajstić information content (AvgIpc) is 2.48. The molecule has 0 radical (unpaired) electrons. The Labute approximate surface area is 137 Å². The van der Waals surface area contributed by atoms with Gasteiger partial charge in [-0.1, -0.05) is 33.8 Å². The zero-order valence-corrected chi connectivity index (χ0v) is 14.1. The minimum atomic E-state index is -0.210. The fraction of sp³-hybridized carbons (Fsp3) is 0.250. The second kappa shape index (κ2) is 8.54. The molecule has 0 aliphatic heterocycles. The monoisotopic (exact) mass is 369 g/mol. The number of nitrogens with one attached hydrogen (secondary N) is 1. The molecule has 0 atom stereocenters. The van der Waals surface area contributed by atoms with Gasteiger partial charge >= 0.3 is 0 Å². The van der Waals surface area contributed by atoms with Crippen LogP contribution in [0.4, 0.5) is 4.39 Å². The van der Waals surface area contributed by atoms with Gasteiger partial charge in [0.2, 0.25) is 0 Å². The van der Waals surface area contributed by atoms with Crippen molar-refractivity contribution in [3.05, 3.63) is 58.3 Å². The van der Waals surface area contributed by atoms with Crippen LogP contribution in [0.1, 0.15) is 5.56 Å². The van der Waals surface area contributed by atoms with Gasteiger partial charge in [0.15, 0.2) is 0 Å². The van der Waals surface area contributed by atoms with Gasteiger partial charge < -0.3 is 10.1 Å². The highest BCUT2D eigenvalue weighted by molar-refractivity contribution is 9.10. The van der Waals surface area contributed by atoms with E-state index < -0.39 is 0 Å². The van der Waals surface area contributed by atoms with Crippen molar-refractivity contribution in [2.24, 2.45) is 0 Å². The number of hydrogen-bond donors (Lipinski definition) is 1. The lowest BCUT2D eigenvalue weighted by molar-refractivity contribution is 0.199. The number of methoxy groups -OCH3 is 1. The van der Waals surface area contributed by atoms with Crippen molar-refractivity contribution in [2.45, 2.75) is 16.3 Å². The largest absolute Gasteiger partial charge is 0.383 e. The summed E-state index contributed by atoms with van der Waals surface area (Å²) in [7, 11) is 1.69. The third-order valence-corrected chi connectivity index (χ3v) is 4.61. The van der Waals surface area contributed by atoms with Gasteiger partial charge in [0.05, 0.1) is 6.61 Å². The molecule has 2 aromatic carbocycles. The van der Waals surface area contributed by atoms with Gasteiger partial charge in [-0.25, -0.2) is 4.39 Å². The molecular weight excluding hydrogens is 353 g/mol. The van der Waals surface area contributed by atoms with Crippen LogP contribution in [0, 0.1) is 5.82 Å². The van der Waals surface area contributed by atoms with E-state index in [0.29, 0.717) is 6.61 Å². The third-order valence-electron chi connectivity index (χ3n) is 2.87. The topological polar surface area (TPSA) is 21.3 Å². The van der Waals surface area contributed by atoms with Crippen LogP contribution in [-0.4, -0.2) is 20.3 Å². The average molecular weight is 370 g/mol. The van der Waals surface area contributed by atoms with E-state index in [2.05, 4.69) is 39.4 Å². The number of ether oxygens (including phenoxy) is 1. The minimum Gasteiger partial charge on any atom is -0.383 e. The van der Waals surface area contributed by atoms with Gasteiger partial charge in [0, 0.05) is 34.5 Å². The van der Waals surface area contributed by atoms with Crippen LogP contribution in [0.25, 0.3) is 0 Å². The number of hydrogen-bond acceptors (Lipinski definition) is 3. The van der Waals surface area contributed by atoms with Crippen molar-refractivity contribution in [3.8, 4) is 0 Å². The summed E-state index contributed by atoms with van der Waals surface area (Å²) in [6.45, 7) is 2.33. The maximum Gasteiger partial charge on any atom is 0.123 e. The van der Waals surface area contributed by atoms with Gasteiger partial charge in [-0.15, -0.1) is 0 Å². The molecule has 2 aromatic rings. The molecule has 0 bridgehead atoms. The van der Waals surface area contributed by atoms with E-state index in [-0.39, 0.29) is 5.82 Å². The SMILES string of the molecule is COCCNCc1ccc(Sc2ccc(F)cc2)cc1Br. The van der Waals surface area contributed by atoms with E-state index in [9.17, 15) is 4.39 Å². The Morgan fingerprint density at radius 2 is 1.86 bits per heavy atom. The lowest BCUT2D eigenvalue weighted by Gasteiger charge is -2.09. The molecule has 0 aromatic heterocycles. The van der Waals surface area contributed by atoms with Crippen molar-refractivity contribution < 1.29 is 9.13 Å². The fourth-order valence-corrected chi connectivity index (χ4v) is 3.30. The highest BCUT2D eigenvalue weighted by Gasteiger charge is 2.03. The number of benzene rings is 2. The second-order valence-electron chi connectivity index (χ2n) is 4.48. The molecule has 1 N–H and O–H groups in total. The summed E-state index contributed by atoms with van der Waals surface area (Å²) in [5.74, 6) is -0.210. The summed E-state index contributed by atoms with van der Waals surface area (Å²) >= 11 is 5.21. The van der Waals surface area contributed by atoms with E-state index in [1.807, 2.05) is 0 Å². The summed E-state index contributed by atoms with van der Waals surface area (Å²) in [6.07, 6.45) is 0. The quantitative estimate of drug-likeness (QED) is 0.727. The highest BCUT2D eigenvalue weighted by atomic mass is 79.9. The first-order valence-corrected chi connectivity index (χ1v) is 8.21. The molecule has 2 rings (SSSR count). The first-order valence-electron chi connectivity index (χ1n) is 6.60. The molecule has 0 aliphatic rings. The van der Waals surface area contributed by atoms with Crippen LogP contribution >= 0.6 is 27.7 Å². The van der Waals surface area contributed by atoms with Crippen molar-refractivity contribution >= 4 is 27.7 Å². The van der Waals surface area contributed by atoms with Crippen LogP contribution in [0.3, 0.4) is 0 Å². The van der Waals surface area contributed by atoms with Gasteiger partial charge in [-0.2, -0.15) is 0 Å². The summed E-state index contributed by atoms with van der Waals surface area (Å²) in [5.41, 5.74) is 1.20. The minimum absolute atomic E-state index is 0.210. The summed E-state index contributed by atoms with van der Waals surface area (Å²) in [5, 5.41) is 3.32. The summed E-state index contributed by atoms with van der Waals surface area (Å²) in [4.78, 5) is 2.14. The Morgan fingerprint density at radius 1 is 1.14 bits per heavy atom. The molecule has 0 fully saturated rings. The second-order valence-corrected chi connectivity index (χ2v) is 6.48. The molecule has 0 unspecified atom stereocenters. The molecule has 112 valence electrons. The normalized spacial score (nSPS) is 10.8. The summed E-state index contributed by atoms with van der Waals surface area (Å²) in [6, 6.07) is 12.8. The fourth-order valence-electron chi connectivity index (χ4n) is 1.77. The molecule has 0 saturated heterocycles. The Bertz CT molecular complexity index is 577. The van der Waals surface area contributed by atoms with Gasteiger partial charge in [0.1, 0.15) is 5.82 Å². The standard InChI is InChI=1S/C16H17BrFNOS/c1-20-9-8-19-11-12-2-5-15(10-16(12)17)21-14-6-3-13(18)4-7-14/h2-7,10,19H,8-9,11H2,1H3. The molecule has 2 nitrogen and oxygen atoms in total. The molecule has 0 saturated carbocycles. The zero-order chi connectivity index (χ0) is 15.1. The van der Waals surface area contributed by atoms with Crippen molar-refractivity contribution in [1.29, 1.82) is 0 Å². The van der Waals surface area contributed by atoms with Gasteiger partial charge in [-0.3, -0.25) is 0 Å². The van der Waals surface area contributed by atoms with Crippen LogP contribution in [-0.2, 0) is 11.3 Å². The number of halogens is 2. The maximum atomic E-state index is 12.9. The molecule has 21 heavy (non-hydrogen) atoms. The van der Waals surface area contributed by atoms with Crippen LogP contribution in [0.5, 0.6) is 0 Å². The molecule has 0 aliphatic carbocycles. The van der Waals surface area contributed by atoms with Crippen molar-refractivity contribution in [2.75, 3.05) is 20.3 Å². The Morgan fingerprint density at radius 3 is 2.52 bits per heavy atom. The molecular formula is C16H17BrFNOS. The molecule has 5 heteroatoms. The summed E-state index contributed by atoms with van der Waals surface area (Å²) < 4.78 is 19.0. The Kier molecular flexibility index (Phi) is 6.70. The Balaban J connectivity index is 1.96.